The molecule has 1 heterocycles. The van der Waals surface area contributed by atoms with E-state index in [1.54, 1.807) is 18.7 Å². The average Bonchev–Trinajstić information content (AvgIpc) is 2.64. The molecule has 2 N–H and O–H groups in total. The Hall–Kier alpha value is -1.49. The first-order chi connectivity index (χ1) is 7.24. The van der Waals surface area contributed by atoms with Crippen LogP contribution >= 0.6 is 11.8 Å². The van der Waals surface area contributed by atoms with Crippen LogP contribution in [0.15, 0.2) is 33.7 Å². The molecule has 0 unspecified atom stereocenters. The van der Waals surface area contributed by atoms with E-state index in [1.807, 2.05) is 24.3 Å². The predicted octanol–water partition coefficient (Wildman–Crippen LogP) is 2.25. The molecule has 0 bridgehead atoms. The Morgan fingerprint density at radius 1 is 1.33 bits per heavy atom. The summed E-state index contributed by atoms with van der Waals surface area (Å²) < 4.78 is 5.00. The number of aromatic nitrogens is 2. The van der Waals surface area contributed by atoms with Crippen molar-refractivity contribution in [3.8, 4) is 0 Å². The minimum Gasteiger partial charge on any atom is -0.399 e. The number of benzene rings is 1. The number of hydrogen-bond acceptors (Lipinski definition) is 5. The molecule has 0 aliphatic carbocycles. The van der Waals surface area contributed by atoms with Crippen LogP contribution in [0, 0.1) is 6.92 Å². The fourth-order valence-corrected chi connectivity index (χ4v) is 1.84. The van der Waals surface area contributed by atoms with Crippen molar-refractivity contribution in [3.05, 3.63) is 36.0 Å². The Morgan fingerprint density at radius 3 is 2.67 bits per heavy atom. The average molecular weight is 221 g/mol. The Bertz CT molecular complexity index is 438. The summed E-state index contributed by atoms with van der Waals surface area (Å²) in [6.45, 7) is 1.81. The van der Waals surface area contributed by atoms with Crippen LogP contribution in [0.25, 0.3) is 0 Å². The van der Waals surface area contributed by atoms with E-state index < -0.39 is 0 Å². The molecule has 0 saturated heterocycles. The van der Waals surface area contributed by atoms with Gasteiger partial charge in [0.25, 0.3) is 0 Å². The van der Waals surface area contributed by atoms with Gasteiger partial charge in [0, 0.05) is 10.6 Å². The number of nitrogens with two attached hydrogens (primary N) is 1. The zero-order valence-corrected chi connectivity index (χ0v) is 9.12. The first-order valence-electron chi connectivity index (χ1n) is 4.51. The third-order valence-electron chi connectivity index (χ3n) is 1.81. The van der Waals surface area contributed by atoms with Crippen LogP contribution in [0.1, 0.15) is 11.7 Å². The summed E-state index contributed by atoms with van der Waals surface area (Å²) in [6, 6.07) is 7.70. The van der Waals surface area contributed by atoms with E-state index in [0.29, 0.717) is 17.5 Å². The van der Waals surface area contributed by atoms with Gasteiger partial charge in [0.05, 0.1) is 5.75 Å². The largest absolute Gasteiger partial charge is 0.399 e. The fourth-order valence-electron chi connectivity index (χ4n) is 1.11. The molecular formula is C10H11N3OS. The number of anilines is 1. The van der Waals surface area contributed by atoms with Gasteiger partial charge >= 0.3 is 0 Å². The monoisotopic (exact) mass is 221 g/mol. The molecule has 2 rings (SSSR count). The summed E-state index contributed by atoms with van der Waals surface area (Å²) >= 11 is 1.64. The van der Waals surface area contributed by atoms with Crippen molar-refractivity contribution in [2.45, 2.75) is 17.6 Å². The van der Waals surface area contributed by atoms with Gasteiger partial charge in [-0.05, 0) is 31.2 Å². The topological polar surface area (TPSA) is 64.9 Å². The summed E-state index contributed by atoms with van der Waals surface area (Å²) in [7, 11) is 0. The second-order valence-electron chi connectivity index (χ2n) is 3.09. The summed E-state index contributed by atoms with van der Waals surface area (Å²) in [6.07, 6.45) is 0. The molecule has 15 heavy (non-hydrogen) atoms. The van der Waals surface area contributed by atoms with Crippen LogP contribution < -0.4 is 5.73 Å². The zero-order chi connectivity index (χ0) is 10.7. The molecule has 0 radical (unpaired) electrons. The maximum atomic E-state index is 5.59. The van der Waals surface area contributed by atoms with Crippen LogP contribution in [0.2, 0.25) is 0 Å². The highest BCUT2D eigenvalue weighted by Gasteiger charge is 2.03. The predicted molar refractivity (Wildman–Crippen MR) is 59.5 cm³/mol. The van der Waals surface area contributed by atoms with Gasteiger partial charge in [0.2, 0.25) is 5.89 Å². The molecule has 1 aromatic heterocycles. The van der Waals surface area contributed by atoms with Gasteiger partial charge in [0.15, 0.2) is 5.82 Å². The van der Waals surface area contributed by atoms with E-state index in [9.17, 15) is 0 Å². The van der Waals surface area contributed by atoms with E-state index in [1.165, 1.54) is 0 Å². The number of hydrogen-bond donors (Lipinski definition) is 1. The quantitative estimate of drug-likeness (QED) is 0.636. The van der Waals surface area contributed by atoms with Crippen molar-refractivity contribution in [2.24, 2.45) is 0 Å². The van der Waals surface area contributed by atoms with Crippen LogP contribution in [-0.4, -0.2) is 10.1 Å². The van der Waals surface area contributed by atoms with E-state index in [0.717, 1.165) is 10.6 Å². The molecule has 78 valence electrons. The molecule has 1 aromatic carbocycles. The molecule has 2 aromatic rings. The highest BCUT2D eigenvalue weighted by Crippen LogP contribution is 2.22. The molecule has 0 amide bonds. The zero-order valence-electron chi connectivity index (χ0n) is 8.30. The van der Waals surface area contributed by atoms with Gasteiger partial charge in [-0.2, -0.15) is 4.98 Å². The lowest BCUT2D eigenvalue weighted by Gasteiger charge is -1.98. The minimum absolute atomic E-state index is 0.648. The van der Waals surface area contributed by atoms with Gasteiger partial charge in [-0.1, -0.05) is 5.16 Å². The third-order valence-corrected chi connectivity index (χ3v) is 2.81. The molecule has 0 fully saturated rings. The maximum Gasteiger partial charge on any atom is 0.236 e. The second kappa shape index (κ2) is 4.35. The highest BCUT2D eigenvalue weighted by atomic mass is 32.2. The van der Waals surface area contributed by atoms with E-state index in [-0.39, 0.29) is 0 Å². The van der Waals surface area contributed by atoms with E-state index >= 15 is 0 Å². The smallest absolute Gasteiger partial charge is 0.236 e. The third kappa shape index (κ3) is 2.73. The molecule has 0 aliphatic rings. The first kappa shape index (κ1) is 10.0. The lowest BCUT2D eigenvalue weighted by Crippen LogP contribution is -1.84. The highest BCUT2D eigenvalue weighted by molar-refractivity contribution is 7.98. The minimum atomic E-state index is 0.648. The fraction of sp³-hybridized carbons (Fsp3) is 0.200. The summed E-state index contributed by atoms with van der Waals surface area (Å²) in [5.41, 5.74) is 6.36. The Balaban J connectivity index is 1.96. The van der Waals surface area contributed by atoms with Gasteiger partial charge in [-0.3, -0.25) is 0 Å². The standard InChI is InChI=1S/C10H11N3OS/c1-7-12-10(14-13-7)6-15-9-4-2-8(11)3-5-9/h2-5H,6,11H2,1H3. The van der Waals surface area contributed by atoms with Crippen LogP contribution in [0.5, 0.6) is 0 Å². The normalized spacial score (nSPS) is 10.5. The number of nitrogen functional groups attached to an aromatic ring is 1. The van der Waals surface area contributed by atoms with E-state index in [4.69, 9.17) is 10.3 Å². The molecule has 0 spiro atoms. The van der Waals surface area contributed by atoms with Gasteiger partial charge in [-0.15, -0.1) is 11.8 Å². The van der Waals surface area contributed by atoms with Crippen molar-refractivity contribution < 1.29 is 4.52 Å². The SMILES string of the molecule is Cc1noc(CSc2ccc(N)cc2)n1. The Morgan fingerprint density at radius 2 is 2.07 bits per heavy atom. The van der Waals surface area contributed by atoms with Crippen molar-refractivity contribution in [2.75, 3.05) is 5.73 Å². The number of aryl methyl sites for hydroxylation is 1. The van der Waals surface area contributed by atoms with Crippen molar-refractivity contribution in [3.63, 3.8) is 0 Å². The summed E-state index contributed by atoms with van der Waals surface area (Å²) in [5, 5.41) is 3.72. The van der Waals surface area contributed by atoms with Gasteiger partial charge < -0.3 is 10.3 Å². The Kier molecular flexibility index (Phi) is 2.91. The Labute approximate surface area is 91.9 Å². The number of nitrogens with zero attached hydrogens (tertiary/aromatic N) is 2. The molecule has 0 saturated carbocycles. The van der Waals surface area contributed by atoms with Crippen molar-refractivity contribution in [1.82, 2.24) is 10.1 Å². The molecule has 0 aliphatic heterocycles. The van der Waals surface area contributed by atoms with Crippen LogP contribution in [0.3, 0.4) is 0 Å². The summed E-state index contributed by atoms with van der Waals surface area (Å²) in [5.74, 6) is 2.00. The molecule has 4 nitrogen and oxygen atoms in total. The summed E-state index contributed by atoms with van der Waals surface area (Å²) in [4.78, 5) is 5.26. The number of thioether (sulfide) groups is 1. The molecular weight excluding hydrogens is 210 g/mol. The van der Waals surface area contributed by atoms with Crippen LogP contribution in [-0.2, 0) is 5.75 Å². The molecule has 5 heteroatoms. The molecule has 0 atom stereocenters. The van der Waals surface area contributed by atoms with Gasteiger partial charge in [0.1, 0.15) is 0 Å². The lowest BCUT2D eigenvalue weighted by molar-refractivity contribution is 0.387. The first-order valence-corrected chi connectivity index (χ1v) is 5.50. The second-order valence-corrected chi connectivity index (χ2v) is 4.14. The van der Waals surface area contributed by atoms with Crippen molar-refractivity contribution in [1.29, 1.82) is 0 Å². The lowest BCUT2D eigenvalue weighted by atomic mass is 10.3. The van der Waals surface area contributed by atoms with E-state index in [2.05, 4.69) is 10.1 Å². The number of rotatable bonds is 3. The van der Waals surface area contributed by atoms with Gasteiger partial charge in [-0.25, -0.2) is 0 Å². The van der Waals surface area contributed by atoms with Crippen molar-refractivity contribution >= 4 is 17.4 Å². The maximum absolute atomic E-state index is 5.59. The van der Waals surface area contributed by atoms with Crippen LogP contribution in [0.4, 0.5) is 5.69 Å².